The normalized spacial score (nSPS) is 10.3. The van der Waals surface area contributed by atoms with Crippen LogP contribution in [-0.2, 0) is 4.74 Å². The van der Waals surface area contributed by atoms with E-state index in [1.54, 1.807) is 0 Å². The van der Waals surface area contributed by atoms with Gasteiger partial charge < -0.3 is 4.74 Å². The van der Waals surface area contributed by atoms with Crippen molar-refractivity contribution in [2.75, 3.05) is 20.7 Å². The molecule has 0 aliphatic heterocycles. The quantitative estimate of drug-likeness (QED) is 0.418. The maximum Gasteiger partial charge on any atom is 0.361 e. The van der Waals surface area contributed by atoms with Gasteiger partial charge in [0, 0.05) is 0 Å². The molecule has 0 spiro atoms. The predicted octanol–water partition coefficient (Wildman–Crippen LogP) is 2.41. The molecule has 15 heavy (non-hydrogen) atoms. The van der Waals surface area contributed by atoms with Crippen LogP contribution in [0.25, 0.3) is 6.08 Å². The summed E-state index contributed by atoms with van der Waals surface area (Å²) in [5.41, 5.74) is 1.18. The third-order valence-corrected chi connectivity index (χ3v) is 1.95. The first-order valence-corrected chi connectivity index (χ1v) is 5.14. The van der Waals surface area contributed by atoms with E-state index < -0.39 is 0 Å². The Hall–Kier alpha value is -1.57. The molecule has 0 radical (unpaired) electrons. The van der Waals surface area contributed by atoms with E-state index >= 15 is 0 Å². The van der Waals surface area contributed by atoms with Crippen molar-refractivity contribution in [1.29, 1.82) is 0 Å². The lowest BCUT2D eigenvalue weighted by Crippen LogP contribution is -2.14. The van der Waals surface area contributed by atoms with Gasteiger partial charge in [-0.3, -0.25) is 0 Å². The van der Waals surface area contributed by atoms with Crippen molar-refractivity contribution >= 4 is 12.0 Å². The minimum atomic E-state index is 0.687. The van der Waals surface area contributed by atoms with Crippen molar-refractivity contribution in [1.82, 2.24) is 0 Å². The Labute approximate surface area is 91.5 Å². The first-order valence-electron chi connectivity index (χ1n) is 5.14. The lowest BCUT2D eigenvalue weighted by Gasteiger charge is -1.99. The highest BCUT2D eigenvalue weighted by molar-refractivity contribution is 5.87. The molecule has 0 atom stereocenters. The smallest absolute Gasteiger partial charge is 0.361 e. The summed E-state index contributed by atoms with van der Waals surface area (Å²) in [6.07, 6.45) is 4.03. The topological polar surface area (TPSA) is 12.2 Å². The predicted molar refractivity (Wildman–Crippen MR) is 64.2 cm³/mol. The Morgan fingerprint density at radius 3 is 2.47 bits per heavy atom. The number of ether oxygens (including phenoxy) is 1. The highest BCUT2D eigenvalue weighted by Crippen LogP contribution is 2.01. The van der Waals surface area contributed by atoms with Crippen LogP contribution in [0.1, 0.15) is 12.5 Å². The Morgan fingerprint density at radius 1 is 1.27 bits per heavy atom. The van der Waals surface area contributed by atoms with Crippen LogP contribution in [0.3, 0.4) is 0 Å². The van der Waals surface area contributed by atoms with Crippen LogP contribution >= 0.6 is 0 Å². The van der Waals surface area contributed by atoms with E-state index in [0.717, 1.165) is 5.90 Å². The first-order chi connectivity index (χ1) is 7.24. The molecule has 80 valence electrons. The monoisotopic (exact) mass is 204 g/mol. The summed E-state index contributed by atoms with van der Waals surface area (Å²) in [6.45, 7) is 2.67. The average Bonchev–Trinajstić information content (AvgIpc) is 2.25. The molecule has 1 rings (SSSR count). The fourth-order valence-corrected chi connectivity index (χ4v) is 1.21. The van der Waals surface area contributed by atoms with E-state index in [0.29, 0.717) is 6.61 Å². The molecule has 0 amide bonds. The lowest BCUT2D eigenvalue weighted by molar-refractivity contribution is -0.473. The van der Waals surface area contributed by atoms with Gasteiger partial charge in [0.1, 0.15) is 14.1 Å². The van der Waals surface area contributed by atoms with E-state index in [2.05, 4.69) is 12.1 Å². The first kappa shape index (κ1) is 11.5. The molecule has 0 N–H and O–H groups in total. The zero-order valence-corrected chi connectivity index (χ0v) is 9.60. The lowest BCUT2D eigenvalue weighted by atomic mass is 10.2. The highest BCUT2D eigenvalue weighted by Gasteiger charge is 2.02. The summed E-state index contributed by atoms with van der Waals surface area (Å²) in [4.78, 5) is 0. The number of nitrogens with zero attached hydrogens (tertiary/aromatic N) is 1. The molecular formula is C13H18NO+. The zero-order chi connectivity index (χ0) is 11.1. The minimum Gasteiger partial charge on any atom is -0.445 e. The van der Waals surface area contributed by atoms with Gasteiger partial charge >= 0.3 is 5.90 Å². The maximum absolute atomic E-state index is 5.48. The summed E-state index contributed by atoms with van der Waals surface area (Å²) >= 11 is 0. The fraction of sp³-hybridized carbons (Fsp3) is 0.308. The van der Waals surface area contributed by atoms with Gasteiger partial charge in [0.05, 0.1) is 12.7 Å². The van der Waals surface area contributed by atoms with Crippen LogP contribution in [0, 0.1) is 0 Å². The standard InChI is InChI=1S/C13H18NO/c1-4-15-13(14(2)3)11-10-12-8-6-5-7-9-12/h5-11H,4H2,1-3H3/q+1/b11-10+. The van der Waals surface area contributed by atoms with Gasteiger partial charge in [0.15, 0.2) is 0 Å². The van der Waals surface area contributed by atoms with Crippen LogP contribution in [-0.4, -0.2) is 31.2 Å². The summed E-state index contributed by atoms with van der Waals surface area (Å²) in [5, 5.41) is 0. The SMILES string of the molecule is CCOC(/C=C/c1ccccc1)=[N+](C)C. The Bertz CT molecular complexity index is 348. The van der Waals surface area contributed by atoms with Crippen LogP contribution < -0.4 is 0 Å². The van der Waals surface area contributed by atoms with Gasteiger partial charge in [-0.25, -0.2) is 4.58 Å². The summed E-state index contributed by atoms with van der Waals surface area (Å²) in [7, 11) is 3.95. The molecule has 0 unspecified atom stereocenters. The maximum atomic E-state index is 5.48. The zero-order valence-electron chi connectivity index (χ0n) is 9.60. The largest absolute Gasteiger partial charge is 0.445 e. The Morgan fingerprint density at radius 2 is 1.93 bits per heavy atom. The molecule has 0 fully saturated rings. The van der Waals surface area contributed by atoms with Gasteiger partial charge in [-0.1, -0.05) is 30.3 Å². The van der Waals surface area contributed by atoms with Crippen molar-refractivity contribution in [2.24, 2.45) is 0 Å². The van der Waals surface area contributed by atoms with E-state index in [1.165, 1.54) is 5.56 Å². The Kier molecular flexibility index (Phi) is 4.61. The molecule has 0 saturated heterocycles. The Balaban J connectivity index is 2.76. The van der Waals surface area contributed by atoms with Gasteiger partial charge in [0.25, 0.3) is 0 Å². The van der Waals surface area contributed by atoms with E-state index in [-0.39, 0.29) is 0 Å². The van der Waals surface area contributed by atoms with Crippen LogP contribution in [0.5, 0.6) is 0 Å². The molecule has 1 aromatic rings. The van der Waals surface area contributed by atoms with Crippen molar-refractivity contribution in [3.8, 4) is 0 Å². The van der Waals surface area contributed by atoms with Crippen LogP contribution in [0.4, 0.5) is 0 Å². The summed E-state index contributed by atoms with van der Waals surface area (Å²) in [6, 6.07) is 10.2. The van der Waals surface area contributed by atoms with E-state index in [1.807, 2.05) is 55.9 Å². The van der Waals surface area contributed by atoms with E-state index in [9.17, 15) is 0 Å². The van der Waals surface area contributed by atoms with Gasteiger partial charge in [0.2, 0.25) is 0 Å². The van der Waals surface area contributed by atoms with Gasteiger partial charge in [-0.05, 0) is 18.6 Å². The molecule has 0 bridgehead atoms. The second kappa shape index (κ2) is 6.02. The molecule has 2 heteroatoms. The molecule has 0 aromatic heterocycles. The van der Waals surface area contributed by atoms with Crippen LogP contribution in [0.15, 0.2) is 36.4 Å². The minimum absolute atomic E-state index is 0.687. The third-order valence-electron chi connectivity index (χ3n) is 1.95. The van der Waals surface area contributed by atoms with Gasteiger partial charge in [-0.15, -0.1) is 0 Å². The number of hydrogen-bond donors (Lipinski definition) is 0. The van der Waals surface area contributed by atoms with Crippen LogP contribution in [0.2, 0.25) is 0 Å². The number of hydrogen-bond acceptors (Lipinski definition) is 1. The average molecular weight is 204 g/mol. The molecular weight excluding hydrogens is 186 g/mol. The molecule has 1 aromatic carbocycles. The molecule has 0 aliphatic rings. The summed E-state index contributed by atoms with van der Waals surface area (Å²) < 4.78 is 7.44. The molecule has 0 heterocycles. The second-order valence-electron chi connectivity index (χ2n) is 3.41. The second-order valence-corrected chi connectivity index (χ2v) is 3.41. The number of benzene rings is 1. The molecule has 0 aliphatic carbocycles. The van der Waals surface area contributed by atoms with Crippen molar-refractivity contribution in [2.45, 2.75) is 6.92 Å². The van der Waals surface area contributed by atoms with Crippen molar-refractivity contribution in [3.05, 3.63) is 42.0 Å². The van der Waals surface area contributed by atoms with Gasteiger partial charge in [-0.2, -0.15) is 0 Å². The summed E-state index contributed by atoms with van der Waals surface area (Å²) in [5.74, 6) is 0.876. The molecule has 2 nitrogen and oxygen atoms in total. The highest BCUT2D eigenvalue weighted by atomic mass is 16.5. The van der Waals surface area contributed by atoms with Crippen molar-refractivity contribution in [3.63, 3.8) is 0 Å². The van der Waals surface area contributed by atoms with E-state index in [4.69, 9.17) is 4.74 Å². The third kappa shape index (κ3) is 3.98. The van der Waals surface area contributed by atoms with Crippen molar-refractivity contribution < 1.29 is 9.31 Å². The fourth-order valence-electron chi connectivity index (χ4n) is 1.21. The molecule has 0 saturated carbocycles. The number of rotatable bonds is 3.